The number of furan rings is 1. The Morgan fingerprint density at radius 1 is 1.18 bits per heavy atom. The summed E-state index contributed by atoms with van der Waals surface area (Å²) in [6.45, 7) is 4.38. The molecule has 0 unspecified atom stereocenters. The minimum absolute atomic E-state index is 0.0201. The molecule has 170 valence electrons. The van der Waals surface area contributed by atoms with Crippen LogP contribution in [0.4, 0.5) is 5.69 Å². The van der Waals surface area contributed by atoms with Crippen molar-refractivity contribution in [2.75, 3.05) is 44.7 Å². The number of rotatable bonds is 5. The average Bonchev–Trinajstić information content (AvgIpc) is 3.55. The van der Waals surface area contributed by atoms with Crippen LogP contribution in [0, 0.1) is 0 Å². The van der Waals surface area contributed by atoms with Gasteiger partial charge in [-0.3, -0.25) is 4.79 Å². The number of likely N-dealkylation sites (N-methyl/N-ethyl adjacent to an activating group) is 1. The number of ether oxygens (including phenoxy) is 1. The number of pyridine rings is 1. The molecule has 4 aromatic rings. The maximum absolute atomic E-state index is 11.4. The molecule has 2 aliphatic heterocycles. The van der Waals surface area contributed by atoms with E-state index in [2.05, 4.69) is 37.2 Å². The molecule has 0 aromatic carbocycles. The van der Waals surface area contributed by atoms with Crippen molar-refractivity contribution in [1.82, 2.24) is 29.8 Å². The molecule has 10 nitrogen and oxygen atoms in total. The number of anilines is 1. The van der Waals surface area contributed by atoms with E-state index in [1.807, 2.05) is 18.2 Å². The Bertz CT molecular complexity index is 1320. The third-order valence-corrected chi connectivity index (χ3v) is 6.36. The van der Waals surface area contributed by atoms with Crippen molar-refractivity contribution in [2.45, 2.75) is 18.9 Å². The van der Waals surface area contributed by atoms with E-state index in [1.165, 1.54) is 0 Å². The third-order valence-electron chi connectivity index (χ3n) is 6.36. The Morgan fingerprint density at radius 3 is 2.88 bits per heavy atom. The summed E-state index contributed by atoms with van der Waals surface area (Å²) in [5.41, 5.74) is 3.15. The molecule has 0 saturated carbocycles. The second-order valence-corrected chi connectivity index (χ2v) is 8.65. The van der Waals surface area contributed by atoms with Crippen LogP contribution < -0.4 is 15.0 Å². The number of carbonyl (C=O) groups excluding carboxylic acids is 1. The normalized spacial score (nSPS) is 19.5. The van der Waals surface area contributed by atoms with Gasteiger partial charge in [-0.15, -0.1) is 5.10 Å². The van der Waals surface area contributed by atoms with Gasteiger partial charge in [-0.2, -0.15) is 0 Å². The molecule has 2 saturated heterocycles. The van der Waals surface area contributed by atoms with Crippen LogP contribution in [0.15, 0.2) is 41.1 Å². The molecular weight excluding hydrogens is 422 g/mol. The van der Waals surface area contributed by atoms with Gasteiger partial charge >= 0.3 is 0 Å². The van der Waals surface area contributed by atoms with Gasteiger partial charge in [0.1, 0.15) is 12.3 Å². The van der Waals surface area contributed by atoms with Gasteiger partial charge in [0.25, 0.3) is 0 Å². The second kappa shape index (κ2) is 8.04. The third kappa shape index (κ3) is 3.76. The number of hydrogen-bond donors (Lipinski definition) is 1. The molecule has 10 heteroatoms. The zero-order valence-corrected chi connectivity index (χ0v) is 18.4. The molecule has 0 bridgehead atoms. The monoisotopic (exact) mass is 447 g/mol. The fraction of sp³-hybridized carbons (Fsp3) is 0.391. The molecule has 0 radical (unpaired) electrons. The van der Waals surface area contributed by atoms with Crippen LogP contribution in [0.2, 0.25) is 0 Å². The molecule has 6 rings (SSSR count). The summed E-state index contributed by atoms with van der Waals surface area (Å²) in [6, 6.07) is 7.73. The van der Waals surface area contributed by atoms with Crippen LogP contribution in [0.1, 0.15) is 12.8 Å². The molecule has 2 aliphatic rings. The van der Waals surface area contributed by atoms with E-state index in [9.17, 15) is 4.79 Å². The number of nitrogens with one attached hydrogen (secondary N) is 1. The SMILES string of the molecule is CN1CCN(c2ccnc3oc(-c4cnc5ccc(OC[C@H]6CCC(=O)N6)nn45)cc23)CC1. The molecule has 0 aliphatic carbocycles. The zero-order valence-electron chi connectivity index (χ0n) is 18.4. The second-order valence-electron chi connectivity index (χ2n) is 8.65. The molecule has 1 amide bonds. The van der Waals surface area contributed by atoms with Gasteiger partial charge < -0.3 is 24.3 Å². The fourth-order valence-electron chi connectivity index (χ4n) is 4.47. The minimum Gasteiger partial charge on any atom is -0.474 e. The summed E-state index contributed by atoms with van der Waals surface area (Å²) >= 11 is 0. The summed E-state index contributed by atoms with van der Waals surface area (Å²) in [6.07, 6.45) is 4.86. The molecule has 1 atom stereocenters. The first-order valence-corrected chi connectivity index (χ1v) is 11.2. The van der Waals surface area contributed by atoms with Crippen molar-refractivity contribution in [3.63, 3.8) is 0 Å². The van der Waals surface area contributed by atoms with Crippen LogP contribution >= 0.6 is 0 Å². The lowest BCUT2D eigenvalue weighted by molar-refractivity contribution is -0.119. The zero-order chi connectivity index (χ0) is 22.4. The maximum atomic E-state index is 11.4. The first-order valence-electron chi connectivity index (χ1n) is 11.2. The smallest absolute Gasteiger partial charge is 0.231 e. The Morgan fingerprint density at radius 2 is 2.06 bits per heavy atom. The Balaban J connectivity index is 1.30. The summed E-state index contributed by atoms with van der Waals surface area (Å²) in [5, 5.41) is 8.49. The lowest BCUT2D eigenvalue weighted by Crippen LogP contribution is -2.44. The standard InChI is InChI=1S/C23H25N7O3/c1-28-8-10-29(11-9-28)17-6-7-24-23-16(17)12-19(33-23)18-13-25-20-3-5-22(27-30(18)20)32-14-15-2-4-21(31)26-15/h3,5-7,12-13,15H,2,4,8-11,14H2,1H3,(H,26,31)/t15-/m1/s1. The predicted octanol–water partition coefficient (Wildman–Crippen LogP) is 1.95. The highest BCUT2D eigenvalue weighted by Gasteiger charge is 2.22. The highest BCUT2D eigenvalue weighted by Crippen LogP contribution is 2.33. The van der Waals surface area contributed by atoms with Crippen molar-refractivity contribution in [1.29, 1.82) is 0 Å². The largest absolute Gasteiger partial charge is 0.474 e. The van der Waals surface area contributed by atoms with Crippen LogP contribution in [0.25, 0.3) is 28.2 Å². The van der Waals surface area contributed by atoms with E-state index in [-0.39, 0.29) is 11.9 Å². The topological polar surface area (TPSA) is 101 Å². The summed E-state index contributed by atoms with van der Waals surface area (Å²) in [4.78, 5) is 25.0. The van der Waals surface area contributed by atoms with E-state index in [1.54, 1.807) is 23.0 Å². The van der Waals surface area contributed by atoms with Crippen molar-refractivity contribution >= 4 is 28.3 Å². The number of piperazine rings is 1. The Hall–Kier alpha value is -3.66. The van der Waals surface area contributed by atoms with Crippen molar-refractivity contribution in [2.24, 2.45) is 0 Å². The van der Waals surface area contributed by atoms with Gasteiger partial charge in [-0.1, -0.05) is 0 Å². The average molecular weight is 447 g/mol. The predicted molar refractivity (Wildman–Crippen MR) is 122 cm³/mol. The number of carbonyl (C=O) groups is 1. The number of nitrogens with zero attached hydrogens (tertiary/aromatic N) is 6. The molecule has 6 heterocycles. The molecular formula is C23H25N7O3. The van der Waals surface area contributed by atoms with Crippen LogP contribution in [0.3, 0.4) is 0 Å². The van der Waals surface area contributed by atoms with Gasteiger partial charge in [0, 0.05) is 44.9 Å². The summed E-state index contributed by atoms with van der Waals surface area (Å²) in [7, 11) is 2.15. The number of aromatic nitrogens is 4. The van der Waals surface area contributed by atoms with Gasteiger partial charge in [-0.05, 0) is 31.7 Å². The van der Waals surface area contributed by atoms with Gasteiger partial charge in [0.15, 0.2) is 11.4 Å². The molecule has 1 N–H and O–H groups in total. The van der Waals surface area contributed by atoms with E-state index in [0.717, 1.165) is 49.4 Å². The Kier molecular flexibility index (Phi) is 4.87. The molecule has 2 fully saturated rings. The Labute approximate surface area is 190 Å². The summed E-state index contributed by atoms with van der Waals surface area (Å²) in [5.74, 6) is 1.19. The maximum Gasteiger partial charge on any atom is 0.231 e. The van der Waals surface area contributed by atoms with E-state index < -0.39 is 0 Å². The molecule has 4 aromatic heterocycles. The van der Waals surface area contributed by atoms with Gasteiger partial charge in [0.2, 0.25) is 17.5 Å². The van der Waals surface area contributed by atoms with Crippen LogP contribution in [-0.4, -0.2) is 76.3 Å². The highest BCUT2D eigenvalue weighted by molar-refractivity contribution is 5.91. The number of fused-ring (bicyclic) bond motifs is 2. The minimum atomic E-state index is 0.0201. The molecule has 33 heavy (non-hydrogen) atoms. The number of amides is 1. The first-order chi connectivity index (χ1) is 16.1. The molecule has 0 spiro atoms. The van der Waals surface area contributed by atoms with Crippen LogP contribution in [0.5, 0.6) is 5.88 Å². The first kappa shape index (κ1) is 20.0. The number of imidazole rings is 1. The summed E-state index contributed by atoms with van der Waals surface area (Å²) < 4.78 is 13.7. The van der Waals surface area contributed by atoms with Gasteiger partial charge in [0.05, 0.1) is 23.3 Å². The van der Waals surface area contributed by atoms with E-state index in [4.69, 9.17) is 9.15 Å². The lowest BCUT2D eigenvalue weighted by Gasteiger charge is -2.34. The van der Waals surface area contributed by atoms with Crippen molar-refractivity contribution in [3.8, 4) is 17.3 Å². The number of hydrogen-bond acceptors (Lipinski definition) is 8. The fourth-order valence-corrected chi connectivity index (χ4v) is 4.47. The van der Waals surface area contributed by atoms with Crippen LogP contribution in [-0.2, 0) is 4.79 Å². The highest BCUT2D eigenvalue weighted by atomic mass is 16.5. The quantitative estimate of drug-likeness (QED) is 0.495. The van der Waals surface area contributed by atoms with Gasteiger partial charge in [-0.25, -0.2) is 14.5 Å². The van der Waals surface area contributed by atoms with E-state index in [0.29, 0.717) is 36.0 Å². The van der Waals surface area contributed by atoms with Crippen molar-refractivity contribution in [3.05, 3.63) is 36.7 Å². The van der Waals surface area contributed by atoms with E-state index >= 15 is 0 Å². The lowest BCUT2D eigenvalue weighted by atomic mass is 10.2. The van der Waals surface area contributed by atoms with Crippen molar-refractivity contribution < 1.29 is 13.9 Å².